The molecule has 1 fully saturated rings. The summed E-state index contributed by atoms with van der Waals surface area (Å²) < 4.78 is 6.18. The first-order valence-corrected chi connectivity index (χ1v) is 12.5. The second-order valence-electron chi connectivity index (χ2n) is 9.84. The quantitative estimate of drug-likeness (QED) is 0.616. The fourth-order valence-electron chi connectivity index (χ4n) is 4.58. The number of amides is 2. The lowest BCUT2D eigenvalue weighted by atomic mass is 9.87. The molecule has 1 aliphatic carbocycles. The Morgan fingerprint density at radius 1 is 1.15 bits per heavy atom. The number of aryl methyl sites for hydroxylation is 1. The summed E-state index contributed by atoms with van der Waals surface area (Å²) in [5, 5.41) is 2.97. The maximum Gasteiger partial charge on any atom is 0.261 e. The number of carbonyl (C=O) groups excluding carboxylic acids is 2. The predicted octanol–water partition coefficient (Wildman–Crippen LogP) is 3.71. The average Bonchev–Trinajstić information content (AvgIpc) is 3.67. The molecule has 0 radical (unpaired) electrons. The van der Waals surface area contributed by atoms with Gasteiger partial charge in [0.05, 0.1) is 6.04 Å². The Bertz CT molecular complexity index is 1010. The van der Waals surface area contributed by atoms with Gasteiger partial charge in [0.1, 0.15) is 5.75 Å². The molecule has 6 heteroatoms. The highest BCUT2D eigenvalue weighted by molar-refractivity contribution is 5.82. The molecular formula is C28H37N3O3. The number of hydrogen-bond donors (Lipinski definition) is 1. The normalized spacial score (nSPS) is 18.4. The van der Waals surface area contributed by atoms with Crippen molar-refractivity contribution in [2.75, 3.05) is 33.7 Å². The van der Waals surface area contributed by atoms with Gasteiger partial charge in [0.2, 0.25) is 5.91 Å². The summed E-state index contributed by atoms with van der Waals surface area (Å²) in [4.78, 5) is 30.0. The topological polar surface area (TPSA) is 61.9 Å². The summed E-state index contributed by atoms with van der Waals surface area (Å²) in [5.74, 6) is 1.01. The van der Waals surface area contributed by atoms with Crippen molar-refractivity contribution in [3.05, 3.63) is 64.7 Å². The molecule has 34 heavy (non-hydrogen) atoms. The lowest BCUT2D eigenvalue weighted by Crippen LogP contribution is -2.42. The fourth-order valence-corrected chi connectivity index (χ4v) is 4.58. The van der Waals surface area contributed by atoms with Crippen LogP contribution in [0.5, 0.6) is 5.75 Å². The van der Waals surface area contributed by atoms with Gasteiger partial charge >= 0.3 is 0 Å². The van der Waals surface area contributed by atoms with Crippen LogP contribution in [0.25, 0.3) is 0 Å². The maximum atomic E-state index is 13.2. The summed E-state index contributed by atoms with van der Waals surface area (Å²) in [6.07, 6.45) is 2.85. The molecule has 2 atom stereocenters. The summed E-state index contributed by atoms with van der Waals surface area (Å²) in [6, 6.07) is 14.4. The number of fused-ring (bicyclic) bond motifs is 1. The van der Waals surface area contributed by atoms with Gasteiger partial charge in [0.25, 0.3) is 5.91 Å². The predicted molar refractivity (Wildman–Crippen MR) is 134 cm³/mol. The third-order valence-corrected chi connectivity index (χ3v) is 6.75. The van der Waals surface area contributed by atoms with Crippen LogP contribution in [0.1, 0.15) is 54.5 Å². The van der Waals surface area contributed by atoms with Gasteiger partial charge in [0.15, 0.2) is 6.10 Å². The molecular weight excluding hydrogens is 426 g/mol. The zero-order chi connectivity index (χ0) is 24.2. The second-order valence-corrected chi connectivity index (χ2v) is 9.84. The van der Waals surface area contributed by atoms with Gasteiger partial charge in [-0.15, -0.1) is 0 Å². The third kappa shape index (κ3) is 5.61. The number of nitrogens with zero attached hydrogens (tertiary/aromatic N) is 2. The molecule has 4 rings (SSSR count). The van der Waals surface area contributed by atoms with E-state index in [1.807, 2.05) is 38.1 Å². The van der Waals surface area contributed by atoms with Crippen molar-refractivity contribution in [2.24, 2.45) is 5.92 Å². The van der Waals surface area contributed by atoms with E-state index in [4.69, 9.17) is 4.74 Å². The van der Waals surface area contributed by atoms with Crippen LogP contribution in [-0.4, -0.2) is 61.4 Å². The van der Waals surface area contributed by atoms with E-state index in [2.05, 4.69) is 47.5 Å². The minimum absolute atomic E-state index is 0.0947. The number of ether oxygens (including phenoxy) is 1. The number of rotatable bonds is 9. The monoisotopic (exact) mass is 463 g/mol. The Kier molecular flexibility index (Phi) is 7.57. The first-order chi connectivity index (χ1) is 16.4. The molecule has 1 aliphatic heterocycles. The van der Waals surface area contributed by atoms with E-state index in [-0.39, 0.29) is 23.8 Å². The van der Waals surface area contributed by atoms with Gasteiger partial charge in [-0.2, -0.15) is 0 Å². The number of likely N-dealkylation sites (N-methyl/N-ethyl adjacent to an activating group) is 1. The Morgan fingerprint density at radius 3 is 2.53 bits per heavy atom. The summed E-state index contributed by atoms with van der Waals surface area (Å²) in [5.41, 5.74) is 4.65. The Morgan fingerprint density at radius 2 is 1.88 bits per heavy atom. The average molecular weight is 464 g/mol. The Balaban J connectivity index is 1.59. The molecule has 0 aromatic heterocycles. The van der Waals surface area contributed by atoms with Crippen molar-refractivity contribution in [3.8, 4) is 5.75 Å². The lowest BCUT2D eigenvalue weighted by Gasteiger charge is -2.38. The van der Waals surface area contributed by atoms with Gasteiger partial charge in [-0.25, -0.2) is 0 Å². The fraction of sp³-hybridized carbons (Fsp3) is 0.500. The molecule has 0 spiro atoms. The van der Waals surface area contributed by atoms with E-state index in [1.54, 1.807) is 0 Å². The largest absolute Gasteiger partial charge is 0.481 e. The maximum absolute atomic E-state index is 13.2. The van der Waals surface area contributed by atoms with Crippen LogP contribution >= 0.6 is 0 Å². The molecule has 1 heterocycles. The summed E-state index contributed by atoms with van der Waals surface area (Å²) in [6.45, 7) is 6.13. The molecule has 0 bridgehead atoms. The SMILES string of the molecule is CC[C@@H](Oc1ccc2c(c1)[C@H](c1ccc(C)cc1)N(C(=O)C1CC1)CC2)C(=O)NCCN(C)C. The number of nitrogens with one attached hydrogen (secondary N) is 1. The van der Waals surface area contributed by atoms with Gasteiger partial charge in [-0.1, -0.05) is 42.8 Å². The van der Waals surface area contributed by atoms with Crippen molar-refractivity contribution >= 4 is 11.8 Å². The van der Waals surface area contributed by atoms with Gasteiger partial charge in [0, 0.05) is 25.6 Å². The van der Waals surface area contributed by atoms with E-state index >= 15 is 0 Å². The van der Waals surface area contributed by atoms with Crippen molar-refractivity contribution in [2.45, 2.75) is 51.7 Å². The van der Waals surface area contributed by atoms with Crippen molar-refractivity contribution in [1.82, 2.24) is 15.1 Å². The van der Waals surface area contributed by atoms with E-state index in [0.29, 0.717) is 18.7 Å². The van der Waals surface area contributed by atoms with Crippen LogP contribution in [0.3, 0.4) is 0 Å². The molecule has 0 unspecified atom stereocenters. The van der Waals surface area contributed by atoms with Gasteiger partial charge in [-0.05, 0) is 75.5 Å². The molecule has 1 N–H and O–H groups in total. The molecule has 2 amide bonds. The molecule has 6 nitrogen and oxygen atoms in total. The highest BCUT2D eigenvalue weighted by Gasteiger charge is 2.39. The van der Waals surface area contributed by atoms with Crippen molar-refractivity contribution < 1.29 is 14.3 Å². The van der Waals surface area contributed by atoms with E-state index < -0.39 is 6.10 Å². The molecule has 2 aromatic rings. The molecule has 0 saturated heterocycles. The van der Waals surface area contributed by atoms with Crippen molar-refractivity contribution in [3.63, 3.8) is 0 Å². The Hall–Kier alpha value is -2.86. The van der Waals surface area contributed by atoms with Crippen LogP contribution in [0.15, 0.2) is 42.5 Å². The smallest absolute Gasteiger partial charge is 0.261 e. The van der Waals surface area contributed by atoms with Gasteiger partial charge in [-0.3, -0.25) is 9.59 Å². The van der Waals surface area contributed by atoms with Gasteiger partial charge < -0.3 is 19.9 Å². The second kappa shape index (κ2) is 10.6. The van der Waals surface area contributed by atoms with Crippen molar-refractivity contribution in [1.29, 1.82) is 0 Å². The molecule has 1 saturated carbocycles. The lowest BCUT2D eigenvalue weighted by molar-refractivity contribution is -0.134. The van der Waals surface area contributed by atoms with Crippen LogP contribution in [-0.2, 0) is 16.0 Å². The number of benzene rings is 2. The highest BCUT2D eigenvalue weighted by atomic mass is 16.5. The van der Waals surface area contributed by atoms with Crippen LogP contribution in [0, 0.1) is 12.8 Å². The number of hydrogen-bond acceptors (Lipinski definition) is 4. The zero-order valence-electron chi connectivity index (χ0n) is 20.8. The third-order valence-electron chi connectivity index (χ3n) is 6.75. The van der Waals surface area contributed by atoms with Crippen LogP contribution in [0.2, 0.25) is 0 Å². The van der Waals surface area contributed by atoms with Crippen LogP contribution < -0.4 is 10.1 Å². The summed E-state index contributed by atoms with van der Waals surface area (Å²) in [7, 11) is 3.96. The van der Waals surface area contributed by atoms with E-state index in [1.165, 1.54) is 11.1 Å². The zero-order valence-corrected chi connectivity index (χ0v) is 20.8. The first-order valence-electron chi connectivity index (χ1n) is 12.5. The molecule has 182 valence electrons. The van der Waals surface area contributed by atoms with E-state index in [9.17, 15) is 9.59 Å². The summed E-state index contributed by atoms with van der Waals surface area (Å²) >= 11 is 0. The first kappa shape index (κ1) is 24.3. The van der Waals surface area contributed by atoms with Crippen LogP contribution in [0.4, 0.5) is 0 Å². The minimum atomic E-state index is -0.550. The molecule has 2 aliphatic rings. The number of carbonyl (C=O) groups is 2. The minimum Gasteiger partial charge on any atom is -0.481 e. The molecule has 2 aromatic carbocycles. The standard InChI is InChI=1S/C28H37N3O3/c1-5-25(27(32)29-15-17-30(3)4)34-23-13-12-20-14-16-31(28(33)22-10-11-22)26(24(20)18-23)21-8-6-19(2)7-9-21/h6-9,12-13,18,22,25-26H,5,10-11,14-17H2,1-4H3,(H,29,32)/t25-,26+/m1/s1. The Labute approximate surface area is 203 Å². The highest BCUT2D eigenvalue weighted by Crippen LogP contribution is 2.41. The van der Waals surface area contributed by atoms with E-state index in [0.717, 1.165) is 43.5 Å².